The van der Waals surface area contributed by atoms with E-state index in [0.717, 1.165) is 5.56 Å². The zero-order valence-electron chi connectivity index (χ0n) is 28.9. The molecule has 3 fully saturated rings. The lowest BCUT2D eigenvalue weighted by atomic mass is 9.70. The van der Waals surface area contributed by atoms with Crippen LogP contribution in [0.2, 0.25) is 5.02 Å². The molecule has 2 bridgehead atoms. The monoisotopic (exact) mass is 725 g/mol. The third-order valence-electron chi connectivity index (χ3n) is 10.4. The lowest BCUT2D eigenvalue weighted by Gasteiger charge is -2.39. The summed E-state index contributed by atoms with van der Waals surface area (Å²) >= 11 is 6.62. The van der Waals surface area contributed by atoms with Gasteiger partial charge in [0, 0.05) is 13.0 Å². The maximum atomic E-state index is 15.0. The summed E-state index contributed by atoms with van der Waals surface area (Å²) in [6.45, 7) is 7.22. The highest BCUT2D eigenvalue weighted by Crippen LogP contribution is 2.59. The average molecular weight is 726 g/mol. The second-order valence-corrected chi connectivity index (χ2v) is 13.9. The smallest absolute Gasteiger partial charge is 0.313 e. The summed E-state index contributed by atoms with van der Waals surface area (Å²) in [5.74, 6) is -3.83. The summed E-state index contributed by atoms with van der Waals surface area (Å²) in [4.78, 5) is 59.7. The van der Waals surface area contributed by atoms with E-state index in [0.29, 0.717) is 35.5 Å². The zero-order valence-corrected chi connectivity index (χ0v) is 29.7. The Balaban J connectivity index is 1.36. The van der Waals surface area contributed by atoms with E-state index in [2.05, 4.69) is 18.5 Å². The molecule has 0 aromatic heterocycles. The number of benzene rings is 3. The topological polar surface area (TPSA) is 125 Å². The fraction of sp³-hybridized carbons (Fsp3) is 0.366. The molecule has 3 aromatic rings. The number of hydrogen-bond acceptors (Lipinski definition) is 7. The normalized spacial score (nSPS) is 24.1. The first-order chi connectivity index (χ1) is 25.2. The molecule has 272 valence electrons. The maximum absolute atomic E-state index is 15.0. The SMILES string of the molecule is C=CCCC(=O)NC[C@@H](OC(=O)[C@@H]1[C@H]2C(=O)N([C@@H](CO)Cc3ccccc3)[C@H](C(=O)N(CC=C)c3ccccc3Cl)[C@]23CC[C@H]1O3)c1ccccc1. The zero-order chi connectivity index (χ0) is 36.8. The summed E-state index contributed by atoms with van der Waals surface area (Å²) in [6, 6.07) is 23.5. The second-order valence-electron chi connectivity index (χ2n) is 13.5. The van der Waals surface area contributed by atoms with Crippen molar-refractivity contribution in [2.24, 2.45) is 11.8 Å². The molecule has 3 aliphatic rings. The first-order valence-electron chi connectivity index (χ1n) is 17.7. The largest absolute Gasteiger partial charge is 0.455 e. The van der Waals surface area contributed by atoms with Gasteiger partial charge in [-0.25, -0.2) is 0 Å². The number of amides is 3. The maximum Gasteiger partial charge on any atom is 0.313 e. The summed E-state index contributed by atoms with van der Waals surface area (Å²) < 4.78 is 12.9. The second kappa shape index (κ2) is 16.3. The van der Waals surface area contributed by atoms with Gasteiger partial charge in [0.1, 0.15) is 17.7 Å². The number of ether oxygens (including phenoxy) is 2. The number of carbonyl (C=O) groups is 4. The van der Waals surface area contributed by atoms with E-state index < -0.39 is 66.1 Å². The van der Waals surface area contributed by atoms with Crippen LogP contribution in [0.5, 0.6) is 0 Å². The van der Waals surface area contributed by atoms with Crippen LogP contribution in [0, 0.1) is 11.8 Å². The van der Waals surface area contributed by atoms with Crippen LogP contribution in [0.15, 0.2) is 110 Å². The minimum absolute atomic E-state index is 0.0268. The molecule has 11 heteroatoms. The summed E-state index contributed by atoms with van der Waals surface area (Å²) in [6.07, 6.45) is 3.51. The van der Waals surface area contributed by atoms with Gasteiger partial charge in [0.2, 0.25) is 11.8 Å². The number of rotatable bonds is 16. The van der Waals surface area contributed by atoms with Gasteiger partial charge in [-0.15, -0.1) is 13.2 Å². The van der Waals surface area contributed by atoms with Crippen LogP contribution in [-0.4, -0.2) is 77.2 Å². The van der Waals surface area contributed by atoms with Crippen LogP contribution >= 0.6 is 11.6 Å². The number of fused-ring (bicyclic) bond motifs is 1. The van der Waals surface area contributed by atoms with Crippen molar-refractivity contribution in [3.05, 3.63) is 126 Å². The standard InChI is InChI=1S/C41H44ClN3O7/c1-3-5-20-34(47)43-25-33(28-16-10-7-11-17-28)51-40(50)35-32-21-22-41(52-32)36(35)38(48)45(29(26-46)24-27-14-8-6-9-15-27)37(41)39(49)44(23-4-2)31-19-13-12-18-30(31)42/h3-4,6-19,29,32-33,35-37,46H,1-2,5,20-26H2,(H,43,47)/t29-,32-,33-,35+,36+,37-,41+/m1/s1. The highest BCUT2D eigenvalue weighted by atomic mass is 35.5. The number of allylic oxidation sites excluding steroid dienone is 1. The lowest BCUT2D eigenvalue weighted by molar-refractivity contribution is -0.161. The summed E-state index contributed by atoms with van der Waals surface area (Å²) in [7, 11) is 0. The van der Waals surface area contributed by atoms with E-state index >= 15 is 4.79 Å². The molecular formula is C41H44ClN3O7. The van der Waals surface area contributed by atoms with Crippen molar-refractivity contribution in [1.29, 1.82) is 0 Å². The average Bonchev–Trinajstić information content (AvgIpc) is 3.82. The van der Waals surface area contributed by atoms with Crippen LogP contribution in [-0.2, 0) is 35.1 Å². The third kappa shape index (κ3) is 7.15. The van der Waals surface area contributed by atoms with Crippen molar-refractivity contribution in [3.8, 4) is 0 Å². The van der Waals surface area contributed by atoms with E-state index in [1.165, 1.54) is 9.80 Å². The van der Waals surface area contributed by atoms with Crippen LogP contribution in [0.3, 0.4) is 0 Å². The Bertz CT molecular complexity index is 1790. The van der Waals surface area contributed by atoms with E-state index in [1.54, 1.807) is 36.4 Å². The predicted octanol–water partition coefficient (Wildman–Crippen LogP) is 5.20. The Hall–Kier alpha value is -4.77. The highest BCUT2D eigenvalue weighted by molar-refractivity contribution is 6.34. The van der Waals surface area contributed by atoms with Crippen LogP contribution in [0.4, 0.5) is 5.69 Å². The molecule has 0 radical (unpaired) electrons. The minimum atomic E-state index is -1.37. The van der Waals surface area contributed by atoms with Crippen LogP contribution in [0.25, 0.3) is 0 Å². The fourth-order valence-corrected chi connectivity index (χ4v) is 8.30. The van der Waals surface area contributed by atoms with Gasteiger partial charge in [0.25, 0.3) is 5.91 Å². The molecule has 0 unspecified atom stereocenters. The Kier molecular flexibility index (Phi) is 11.6. The van der Waals surface area contributed by atoms with Gasteiger partial charge in [-0.3, -0.25) is 19.2 Å². The van der Waals surface area contributed by atoms with Crippen molar-refractivity contribution in [1.82, 2.24) is 10.2 Å². The number of aliphatic hydroxyl groups is 1. The molecule has 52 heavy (non-hydrogen) atoms. The first kappa shape index (κ1) is 37.0. The Morgan fingerprint density at radius 2 is 1.73 bits per heavy atom. The molecule has 7 atom stereocenters. The molecule has 0 saturated carbocycles. The molecular weight excluding hydrogens is 682 g/mol. The number of carbonyl (C=O) groups excluding carboxylic acids is 4. The van der Waals surface area contributed by atoms with Crippen molar-refractivity contribution < 1.29 is 33.8 Å². The summed E-state index contributed by atoms with van der Waals surface area (Å²) in [5.41, 5.74) is 0.614. The predicted molar refractivity (Wildman–Crippen MR) is 197 cm³/mol. The quantitative estimate of drug-likeness (QED) is 0.154. The van der Waals surface area contributed by atoms with E-state index in [4.69, 9.17) is 21.1 Å². The van der Waals surface area contributed by atoms with Gasteiger partial charge in [0.15, 0.2) is 0 Å². The number of aliphatic hydroxyl groups excluding tert-OH is 1. The van der Waals surface area contributed by atoms with Gasteiger partial charge in [-0.2, -0.15) is 0 Å². The minimum Gasteiger partial charge on any atom is -0.455 e. The third-order valence-corrected chi connectivity index (χ3v) is 10.7. The molecule has 10 nitrogen and oxygen atoms in total. The molecule has 3 aliphatic heterocycles. The van der Waals surface area contributed by atoms with Gasteiger partial charge >= 0.3 is 5.97 Å². The van der Waals surface area contributed by atoms with E-state index in [-0.39, 0.29) is 31.8 Å². The van der Waals surface area contributed by atoms with Crippen molar-refractivity contribution in [2.45, 2.75) is 62.0 Å². The van der Waals surface area contributed by atoms with Gasteiger partial charge in [-0.05, 0) is 48.9 Å². The van der Waals surface area contributed by atoms with Crippen LogP contribution in [0.1, 0.15) is 42.9 Å². The highest BCUT2D eigenvalue weighted by Gasteiger charge is 2.75. The van der Waals surface area contributed by atoms with E-state index in [9.17, 15) is 19.5 Å². The Morgan fingerprint density at radius 3 is 2.40 bits per heavy atom. The fourth-order valence-electron chi connectivity index (χ4n) is 8.07. The van der Waals surface area contributed by atoms with Crippen molar-refractivity contribution in [3.63, 3.8) is 0 Å². The molecule has 3 saturated heterocycles. The number of anilines is 1. The van der Waals surface area contributed by atoms with Crippen LogP contribution < -0.4 is 10.2 Å². The Morgan fingerprint density at radius 1 is 1.04 bits per heavy atom. The number of likely N-dealkylation sites (tertiary alicyclic amines) is 1. The van der Waals surface area contributed by atoms with Crippen molar-refractivity contribution >= 4 is 41.0 Å². The molecule has 6 rings (SSSR count). The van der Waals surface area contributed by atoms with E-state index in [1.807, 2.05) is 60.7 Å². The van der Waals surface area contributed by atoms with Gasteiger partial charge in [-0.1, -0.05) is 96.5 Å². The molecule has 3 amide bonds. The molecule has 3 heterocycles. The molecule has 1 spiro atoms. The summed E-state index contributed by atoms with van der Waals surface area (Å²) in [5, 5.41) is 14.0. The number of nitrogens with one attached hydrogen (secondary N) is 1. The number of esters is 1. The molecule has 0 aliphatic carbocycles. The molecule has 3 aromatic carbocycles. The Labute approximate surface area is 309 Å². The number of para-hydroxylation sites is 1. The number of halogens is 1. The number of hydrogen-bond donors (Lipinski definition) is 2. The first-order valence-corrected chi connectivity index (χ1v) is 18.1. The van der Waals surface area contributed by atoms with Gasteiger partial charge in [0.05, 0.1) is 47.8 Å². The lowest BCUT2D eigenvalue weighted by Crippen LogP contribution is -2.59. The van der Waals surface area contributed by atoms with Gasteiger partial charge < -0.3 is 29.7 Å². The number of nitrogens with zero attached hydrogens (tertiary/aromatic N) is 2. The van der Waals surface area contributed by atoms with Crippen molar-refractivity contribution in [2.75, 3.05) is 24.6 Å². The molecule has 2 N–H and O–H groups in total.